The molecule has 1 aromatic carbocycles. The standard InChI is InChI=1S/C19H19FN4O3/c1-12-4-2-5-13(16(12)20)11-27-19(25)24-8-9-26-15(10-24)18-22-14-6-3-7-21-17(14)23-18/h2-7,15H,8-11H2,1H3,(H,21,22,23)/t15-/m0/s1. The van der Waals surface area contributed by atoms with E-state index in [-0.39, 0.29) is 12.4 Å². The third-order valence-electron chi connectivity index (χ3n) is 4.53. The van der Waals surface area contributed by atoms with Crippen molar-refractivity contribution in [2.24, 2.45) is 0 Å². The average Bonchev–Trinajstić information content (AvgIpc) is 3.13. The lowest BCUT2D eigenvalue weighted by molar-refractivity contribution is -0.0331. The number of ether oxygens (including phenoxy) is 2. The number of nitrogens with zero attached hydrogens (tertiary/aromatic N) is 3. The van der Waals surface area contributed by atoms with Gasteiger partial charge < -0.3 is 19.4 Å². The van der Waals surface area contributed by atoms with Gasteiger partial charge in [-0.3, -0.25) is 0 Å². The molecule has 0 saturated carbocycles. The fourth-order valence-electron chi connectivity index (χ4n) is 3.05. The number of aromatic nitrogens is 3. The minimum absolute atomic E-state index is 0.108. The summed E-state index contributed by atoms with van der Waals surface area (Å²) in [7, 11) is 0. The monoisotopic (exact) mass is 370 g/mol. The molecule has 1 saturated heterocycles. The highest BCUT2D eigenvalue weighted by molar-refractivity contribution is 5.70. The number of hydrogen-bond acceptors (Lipinski definition) is 5. The van der Waals surface area contributed by atoms with Crippen LogP contribution in [-0.4, -0.2) is 45.6 Å². The number of carbonyl (C=O) groups excluding carboxylic acids is 1. The molecule has 7 nitrogen and oxygen atoms in total. The Morgan fingerprint density at radius 2 is 2.30 bits per heavy atom. The lowest BCUT2D eigenvalue weighted by Crippen LogP contribution is -2.42. The second kappa shape index (κ2) is 7.32. The second-order valence-electron chi connectivity index (χ2n) is 6.40. The molecule has 1 amide bonds. The number of hydrogen-bond donors (Lipinski definition) is 1. The highest BCUT2D eigenvalue weighted by atomic mass is 19.1. The van der Waals surface area contributed by atoms with Gasteiger partial charge in [-0.25, -0.2) is 19.2 Å². The number of benzene rings is 1. The number of pyridine rings is 1. The molecule has 8 heteroatoms. The van der Waals surface area contributed by atoms with Crippen molar-refractivity contribution in [3.63, 3.8) is 0 Å². The number of nitrogens with one attached hydrogen (secondary N) is 1. The number of H-pyrrole nitrogens is 1. The van der Waals surface area contributed by atoms with Gasteiger partial charge in [0, 0.05) is 18.3 Å². The summed E-state index contributed by atoms with van der Waals surface area (Å²) in [6.45, 7) is 2.64. The summed E-state index contributed by atoms with van der Waals surface area (Å²) in [4.78, 5) is 25.7. The van der Waals surface area contributed by atoms with Crippen molar-refractivity contribution in [1.82, 2.24) is 19.9 Å². The third kappa shape index (κ3) is 3.61. The number of halogens is 1. The van der Waals surface area contributed by atoms with E-state index in [1.54, 1.807) is 36.2 Å². The Balaban J connectivity index is 1.41. The van der Waals surface area contributed by atoms with Crippen LogP contribution in [0.25, 0.3) is 11.2 Å². The van der Waals surface area contributed by atoms with Crippen LogP contribution in [-0.2, 0) is 16.1 Å². The van der Waals surface area contributed by atoms with E-state index in [2.05, 4.69) is 15.0 Å². The maximum absolute atomic E-state index is 14.0. The minimum atomic E-state index is -0.501. The minimum Gasteiger partial charge on any atom is -0.444 e. The highest BCUT2D eigenvalue weighted by Gasteiger charge is 2.28. The molecule has 4 rings (SSSR count). The van der Waals surface area contributed by atoms with Gasteiger partial charge >= 0.3 is 6.09 Å². The molecule has 0 radical (unpaired) electrons. The van der Waals surface area contributed by atoms with Crippen LogP contribution >= 0.6 is 0 Å². The number of amides is 1. The van der Waals surface area contributed by atoms with Gasteiger partial charge in [0.1, 0.15) is 24.4 Å². The van der Waals surface area contributed by atoms with E-state index in [0.29, 0.717) is 42.3 Å². The largest absolute Gasteiger partial charge is 0.444 e. The smallest absolute Gasteiger partial charge is 0.410 e. The lowest BCUT2D eigenvalue weighted by Gasteiger charge is -2.31. The number of rotatable bonds is 3. The first kappa shape index (κ1) is 17.4. The zero-order valence-electron chi connectivity index (χ0n) is 14.8. The van der Waals surface area contributed by atoms with Gasteiger partial charge in [-0.15, -0.1) is 0 Å². The molecule has 140 valence electrons. The van der Waals surface area contributed by atoms with Crippen molar-refractivity contribution >= 4 is 17.3 Å². The Morgan fingerprint density at radius 3 is 3.15 bits per heavy atom. The second-order valence-corrected chi connectivity index (χ2v) is 6.40. The molecule has 0 unspecified atom stereocenters. The molecule has 1 aliphatic heterocycles. The van der Waals surface area contributed by atoms with Crippen molar-refractivity contribution < 1.29 is 18.7 Å². The molecule has 27 heavy (non-hydrogen) atoms. The molecular formula is C19H19FN4O3. The van der Waals surface area contributed by atoms with Crippen LogP contribution in [0, 0.1) is 12.7 Å². The molecular weight excluding hydrogens is 351 g/mol. The predicted molar refractivity (Wildman–Crippen MR) is 95.5 cm³/mol. The lowest BCUT2D eigenvalue weighted by atomic mass is 10.1. The van der Waals surface area contributed by atoms with Crippen molar-refractivity contribution in [3.8, 4) is 0 Å². The van der Waals surface area contributed by atoms with Gasteiger partial charge in [-0.05, 0) is 24.6 Å². The number of aryl methyl sites for hydroxylation is 1. The van der Waals surface area contributed by atoms with Crippen LogP contribution in [0.5, 0.6) is 0 Å². The SMILES string of the molecule is Cc1cccc(COC(=O)N2CCO[C@H](c3nc4ncccc4[nH]3)C2)c1F. The topological polar surface area (TPSA) is 80.3 Å². The molecule has 0 spiro atoms. The Morgan fingerprint density at radius 1 is 1.41 bits per heavy atom. The number of imidazole rings is 1. The summed E-state index contributed by atoms with van der Waals surface area (Å²) in [6, 6.07) is 8.72. The molecule has 0 aliphatic carbocycles. The Labute approximate surface area is 155 Å². The Hall–Kier alpha value is -3.00. The van der Waals surface area contributed by atoms with Crippen molar-refractivity contribution in [2.75, 3.05) is 19.7 Å². The molecule has 3 heterocycles. The van der Waals surface area contributed by atoms with E-state index in [0.717, 1.165) is 5.52 Å². The summed E-state index contributed by atoms with van der Waals surface area (Å²) >= 11 is 0. The van der Waals surface area contributed by atoms with Gasteiger partial charge in [0.25, 0.3) is 0 Å². The van der Waals surface area contributed by atoms with E-state index in [4.69, 9.17) is 9.47 Å². The van der Waals surface area contributed by atoms with E-state index in [9.17, 15) is 9.18 Å². The highest BCUT2D eigenvalue weighted by Crippen LogP contribution is 2.22. The van der Waals surface area contributed by atoms with Gasteiger partial charge in [0.05, 0.1) is 18.7 Å². The van der Waals surface area contributed by atoms with E-state index in [1.165, 1.54) is 0 Å². The molecule has 1 fully saturated rings. The van der Waals surface area contributed by atoms with Crippen LogP contribution in [0.1, 0.15) is 23.1 Å². The van der Waals surface area contributed by atoms with E-state index >= 15 is 0 Å². The van der Waals surface area contributed by atoms with E-state index in [1.807, 2.05) is 12.1 Å². The van der Waals surface area contributed by atoms with Crippen LogP contribution < -0.4 is 0 Å². The van der Waals surface area contributed by atoms with Crippen molar-refractivity contribution in [3.05, 3.63) is 59.3 Å². The number of fused-ring (bicyclic) bond motifs is 1. The maximum Gasteiger partial charge on any atom is 0.410 e. The Kier molecular flexibility index (Phi) is 4.72. The first-order valence-electron chi connectivity index (χ1n) is 8.70. The number of morpholine rings is 1. The number of carbonyl (C=O) groups is 1. The van der Waals surface area contributed by atoms with Gasteiger partial charge in [0.2, 0.25) is 0 Å². The summed E-state index contributed by atoms with van der Waals surface area (Å²) in [5, 5.41) is 0. The molecule has 1 N–H and O–H groups in total. The third-order valence-corrected chi connectivity index (χ3v) is 4.53. The van der Waals surface area contributed by atoms with Gasteiger partial charge in [-0.2, -0.15) is 0 Å². The average molecular weight is 370 g/mol. The molecule has 0 bridgehead atoms. The van der Waals surface area contributed by atoms with Crippen LogP contribution in [0.3, 0.4) is 0 Å². The first-order valence-corrected chi connectivity index (χ1v) is 8.70. The summed E-state index contributed by atoms with van der Waals surface area (Å²) < 4.78 is 25.1. The quantitative estimate of drug-likeness (QED) is 0.766. The zero-order valence-corrected chi connectivity index (χ0v) is 14.8. The fourth-order valence-corrected chi connectivity index (χ4v) is 3.05. The molecule has 3 aromatic rings. The zero-order chi connectivity index (χ0) is 18.8. The fraction of sp³-hybridized carbons (Fsp3) is 0.316. The van der Waals surface area contributed by atoms with Crippen molar-refractivity contribution in [2.45, 2.75) is 19.6 Å². The predicted octanol–water partition coefficient (Wildman–Crippen LogP) is 3.12. The van der Waals surface area contributed by atoms with Crippen LogP contribution in [0.15, 0.2) is 36.5 Å². The number of aromatic amines is 1. The molecule has 2 aromatic heterocycles. The van der Waals surface area contributed by atoms with Crippen molar-refractivity contribution in [1.29, 1.82) is 0 Å². The molecule has 1 aliphatic rings. The summed E-state index contributed by atoms with van der Waals surface area (Å²) in [5.74, 6) is 0.269. The summed E-state index contributed by atoms with van der Waals surface area (Å²) in [5.41, 5.74) is 2.29. The maximum atomic E-state index is 14.0. The summed E-state index contributed by atoms with van der Waals surface area (Å²) in [6.07, 6.45) is 0.776. The van der Waals surface area contributed by atoms with E-state index < -0.39 is 12.2 Å². The van der Waals surface area contributed by atoms with Crippen LogP contribution in [0.4, 0.5) is 9.18 Å². The normalized spacial score (nSPS) is 17.3. The van der Waals surface area contributed by atoms with Gasteiger partial charge in [0.15, 0.2) is 5.65 Å². The Bertz CT molecular complexity index is 941. The van der Waals surface area contributed by atoms with Crippen LogP contribution in [0.2, 0.25) is 0 Å². The molecule has 1 atom stereocenters. The first-order chi connectivity index (χ1) is 13.1. The van der Waals surface area contributed by atoms with Gasteiger partial charge in [-0.1, -0.05) is 18.2 Å².